The third-order valence-electron chi connectivity index (χ3n) is 7.31. The highest BCUT2D eigenvalue weighted by molar-refractivity contribution is 5.55. The third-order valence-corrected chi connectivity index (χ3v) is 7.31. The first-order valence-corrected chi connectivity index (χ1v) is 12.4. The van der Waals surface area contributed by atoms with Crippen molar-refractivity contribution in [3.05, 3.63) is 53.6 Å². The Morgan fingerprint density at radius 3 is 2.11 bits per heavy atom. The molecule has 10 heteroatoms. The van der Waals surface area contributed by atoms with Crippen LogP contribution in [0.15, 0.2) is 36.4 Å². The Kier molecular flexibility index (Phi) is 7.22. The summed E-state index contributed by atoms with van der Waals surface area (Å²) >= 11 is 0. The van der Waals surface area contributed by atoms with Crippen molar-refractivity contribution in [2.24, 2.45) is 0 Å². The number of anilines is 1. The van der Waals surface area contributed by atoms with Gasteiger partial charge in [-0.15, -0.1) is 5.10 Å². The Morgan fingerprint density at radius 2 is 1.53 bits per heavy atom. The Hall–Kier alpha value is -3.40. The van der Waals surface area contributed by atoms with Gasteiger partial charge < -0.3 is 19.1 Å². The van der Waals surface area contributed by atoms with Gasteiger partial charge in [-0.25, -0.2) is 9.07 Å². The number of rotatable bonds is 8. The summed E-state index contributed by atoms with van der Waals surface area (Å²) in [6, 6.07) is 10.8. The van der Waals surface area contributed by atoms with Crippen LogP contribution in [-0.2, 0) is 0 Å². The van der Waals surface area contributed by atoms with Crippen LogP contribution in [0.1, 0.15) is 49.2 Å². The molecule has 5 rings (SSSR count). The van der Waals surface area contributed by atoms with Crippen molar-refractivity contribution in [1.29, 1.82) is 0 Å². The molecule has 2 fully saturated rings. The van der Waals surface area contributed by atoms with Crippen molar-refractivity contribution in [3.63, 3.8) is 0 Å². The van der Waals surface area contributed by atoms with E-state index in [0.717, 1.165) is 56.1 Å². The van der Waals surface area contributed by atoms with Gasteiger partial charge in [0.25, 0.3) is 0 Å². The first kappa shape index (κ1) is 24.3. The fourth-order valence-electron chi connectivity index (χ4n) is 5.46. The van der Waals surface area contributed by atoms with Gasteiger partial charge in [0.15, 0.2) is 17.3 Å². The molecule has 3 aromatic rings. The Bertz CT molecular complexity index is 1130. The average molecular weight is 497 g/mol. The number of halogens is 1. The predicted octanol–water partition coefficient (Wildman–Crippen LogP) is 3.86. The minimum Gasteiger partial charge on any atom is -0.493 e. The van der Waals surface area contributed by atoms with Gasteiger partial charge in [-0.3, -0.25) is 4.90 Å². The lowest BCUT2D eigenvalue weighted by molar-refractivity contribution is 0.197. The second-order valence-electron chi connectivity index (χ2n) is 9.28. The van der Waals surface area contributed by atoms with Gasteiger partial charge in [-0.1, -0.05) is 12.8 Å². The molecule has 0 N–H and O–H groups in total. The van der Waals surface area contributed by atoms with Crippen LogP contribution in [0.4, 0.5) is 10.1 Å². The smallest absolute Gasteiger partial charge is 0.203 e. The van der Waals surface area contributed by atoms with Crippen molar-refractivity contribution >= 4 is 5.69 Å². The number of hydrogen-bond acceptors (Lipinski definition) is 8. The van der Waals surface area contributed by atoms with Gasteiger partial charge in [-0.05, 0) is 65.2 Å². The summed E-state index contributed by atoms with van der Waals surface area (Å²) in [7, 11) is 4.85. The van der Waals surface area contributed by atoms with E-state index in [9.17, 15) is 4.39 Å². The number of hydrogen-bond donors (Lipinski definition) is 0. The summed E-state index contributed by atoms with van der Waals surface area (Å²) in [5.41, 5.74) is 2.00. The minimum atomic E-state index is -0.224. The molecule has 0 bridgehead atoms. The first-order valence-electron chi connectivity index (χ1n) is 12.4. The van der Waals surface area contributed by atoms with E-state index < -0.39 is 0 Å². The quantitative estimate of drug-likeness (QED) is 0.465. The Balaban J connectivity index is 1.51. The van der Waals surface area contributed by atoms with E-state index in [1.807, 2.05) is 28.9 Å². The van der Waals surface area contributed by atoms with E-state index in [1.54, 1.807) is 21.3 Å². The molecule has 2 heterocycles. The summed E-state index contributed by atoms with van der Waals surface area (Å²) in [4.78, 5) is 4.68. The molecule has 1 atom stereocenters. The molecule has 0 amide bonds. The fraction of sp³-hybridized carbons (Fsp3) is 0.500. The standard InChI is InChI=1S/C26H33FN6O3/c1-34-22-16-18(17-23(35-2)25(22)36-3)24(26-28-29-30-33(26)21-6-4-5-7-21)32-14-12-31(13-15-32)20-10-8-19(27)9-11-20/h8-11,16-17,21,24H,4-7,12-15H2,1-3H3/t24-/m0/s1. The molecular weight excluding hydrogens is 463 g/mol. The van der Waals surface area contributed by atoms with Crippen molar-refractivity contribution < 1.29 is 18.6 Å². The summed E-state index contributed by atoms with van der Waals surface area (Å²) in [5, 5.41) is 13.1. The molecular formula is C26H33FN6O3. The zero-order valence-corrected chi connectivity index (χ0v) is 21.1. The molecule has 0 spiro atoms. The molecule has 2 aromatic carbocycles. The van der Waals surface area contributed by atoms with Crippen molar-refractivity contribution in [2.75, 3.05) is 52.4 Å². The molecule has 1 aliphatic carbocycles. The zero-order valence-electron chi connectivity index (χ0n) is 21.1. The predicted molar refractivity (Wildman–Crippen MR) is 133 cm³/mol. The third kappa shape index (κ3) is 4.69. The number of aromatic nitrogens is 4. The number of ether oxygens (including phenoxy) is 3. The molecule has 0 unspecified atom stereocenters. The molecule has 36 heavy (non-hydrogen) atoms. The summed E-state index contributed by atoms with van der Waals surface area (Å²) < 4.78 is 32.4. The van der Waals surface area contributed by atoms with E-state index >= 15 is 0 Å². The van der Waals surface area contributed by atoms with E-state index in [2.05, 4.69) is 25.3 Å². The van der Waals surface area contributed by atoms with Crippen LogP contribution in [0.25, 0.3) is 0 Å². The largest absolute Gasteiger partial charge is 0.493 e. The Labute approximate surface area is 210 Å². The summed E-state index contributed by atoms with van der Waals surface area (Å²) in [5.74, 6) is 2.35. The van der Waals surface area contributed by atoms with Crippen LogP contribution in [-0.4, -0.2) is 72.6 Å². The lowest BCUT2D eigenvalue weighted by Crippen LogP contribution is -2.48. The Morgan fingerprint density at radius 1 is 0.889 bits per heavy atom. The maximum Gasteiger partial charge on any atom is 0.203 e. The molecule has 0 radical (unpaired) electrons. The molecule has 1 saturated heterocycles. The van der Waals surface area contributed by atoms with E-state index in [4.69, 9.17) is 14.2 Å². The van der Waals surface area contributed by atoms with Crippen molar-refractivity contribution in [3.8, 4) is 17.2 Å². The van der Waals surface area contributed by atoms with Gasteiger partial charge in [0, 0.05) is 31.9 Å². The highest BCUT2D eigenvalue weighted by Gasteiger charge is 2.34. The second kappa shape index (κ2) is 10.7. The topological polar surface area (TPSA) is 77.8 Å². The number of methoxy groups -OCH3 is 3. The number of piperazine rings is 1. The number of benzene rings is 2. The van der Waals surface area contributed by atoms with E-state index in [-0.39, 0.29) is 11.9 Å². The van der Waals surface area contributed by atoms with Crippen LogP contribution >= 0.6 is 0 Å². The van der Waals surface area contributed by atoms with Crippen LogP contribution in [0, 0.1) is 5.82 Å². The molecule has 192 valence electrons. The molecule has 1 aliphatic heterocycles. The molecule has 2 aliphatic rings. The number of nitrogens with zero attached hydrogens (tertiary/aromatic N) is 6. The lowest BCUT2D eigenvalue weighted by atomic mass is 10.0. The second-order valence-corrected chi connectivity index (χ2v) is 9.28. The van der Waals surface area contributed by atoms with Crippen LogP contribution < -0.4 is 19.1 Å². The van der Waals surface area contributed by atoms with Crippen molar-refractivity contribution in [2.45, 2.75) is 37.8 Å². The fourth-order valence-corrected chi connectivity index (χ4v) is 5.46. The van der Waals surface area contributed by atoms with E-state index in [1.165, 1.54) is 25.0 Å². The van der Waals surface area contributed by atoms with Gasteiger partial charge in [-0.2, -0.15) is 0 Å². The molecule has 1 saturated carbocycles. The molecule has 1 aromatic heterocycles. The van der Waals surface area contributed by atoms with Crippen molar-refractivity contribution in [1.82, 2.24) is 25.1 Å². The van der Waals surface area contributed by atoms with Gasteiger partial charge in [0.05, 0.1) is 33.4 Å². The van der Waals surface area contributed by atoms with Gasteiger partial charge >= 0.3 is 0 Å². The number of tetrazole rings is 1. The molecule has 9 nitrogen and oxygen atoms in total. The lowest BCUT2D eigenvalue weighted by Gasteiger charge is -2.40. The monoisotopic (exact) mass is 496 g/mol. The van der Waals surface area contributed by atoms with E-state index in [0.29, 0.717) is 23.3 Å². The summed E-state index contributed by atoms with van der Waals surface area (Å²) in [6.45, 7) is 3.18. The first-order chi connectivity index (χ1) is 17.6. The maximum atomic E-state index is 13.4. The highest BCUT2D eigenvalue weighted by Crippen LogP contribution is 2.43. The minimum absolute atomic E-state index is 0.190. The average Bonchev–Trinajstić information content (AvgIpc) is 3.61. The van der Waals surface area contributed by atoms with Gasteiger partial charge in [0.1, 0.15) is 5.82 Å². The highest BCUT2D eigenvalue weighted by atomic mass is 19.1. The van der Waals surface area contributed by atoms with Crippen LogP contribution in [0.5, 0.6) is 17.2 Å². The normalized spacial score (nSPS) is 17.8. The SMILES string of the molecule is COc1cc([C@@H](c2nnnn2C2CCCC2)N2CCN(c3ccc(F)cc3)CC2)cc(OC)c1OC. The van der Waals surface area contributed by atoms with Crippen LogP contribution in [0.2, 0.25) is 0 Å². The summed E-state index contributed by atoms with van der Waals surface area (Å²) in [6.07, 6.45) is 4.54. The van der Waals surface area contributed by atoms with Gasteiger partial charge in [0.2, 0.25) is 5.75 Å². The maximum absolute atomic E-state index is 13.4. The zero-order chi connectivity index (χ0) is 25.1. The van der Waals surface area contributed by atoms with Crippen LogP contribution in [0.3, 0.4) is 0 Å².